The van der Waals surface area contributed by atoms with Crippen molar-refractivity contribution in [3.05, 3.63) is 94.5 Å². The molecule has 0 aliphatic heterocycles. The Bertz CT molecular complexity index is 1240. The molecule has 2 amide bonds. The number of aryl methyl sites for hydroxylation is 1. The van der Waals surface area contributed by atoms with E-state index < -0.39 is 0 Å². The van der Waals surface area contributed by atoms with Crippen LogP contribution in [0.1, 0.15) is 32.2 Å². The zero-order chi connectivity index (χ0) is 21.1. The lowest BCUT2D eigenvalue weighted by molar-refractivity contribution is 0.0948. The van der Waals surface area contributed by atoms with Gasteiger partial charge in [0.1, 0.15) is 0 Å². The Labute approximate surface area is 177 Å². The van der Waals surface area contributed by atoms with Crippen LogP contribution in [0.4, 0.5) is 5.69 Å². The predicted octanol–water partition coefficient (Wildman–Crippen LogP) is 4.97. The number of amides is 2. The predicted molar refractivity (Wildman–Crippen MR) is 116 cm³/mol. The van der Waals surface area contributed by atoms with Crippen molar-refractivity contribution in [2.24, 2.45) is 0 Å². The highest BCUT2D eigenvalue weighted by atomic mass is 35.5. The van der Waals surface area contributed by atoms with E-state index >= 15 is 0 Å². The van der Waals surface area contributed by atoms with Gasteiger partial charge in [-0.15, -0.1) is 0 Å². The van der Waals surface area contributed by atoms with E-state index in [9.17, 15) is 9.59 Å². The van der Waals surface area contributed by atoms with Gasteiger partial charge in [-0.25, -0.2) is 0 Å². The fourth-order valence-electron chi connectivity index (χ4n) is 3.10. The number of aromatic nitrogens is 1. The van der Waals surface area contributed by atoms with Crippen molar-refractivity contribution in [3.8, 4) is 0 Å². The Morgan fingerprint density at radius 3 is 2.70 bits per heavy atom. The smallest absolute Gasteiger partial charge is 0.291 e. The molecule has 2 aromatic heterocycles. The molecule has 4 rings (SSSR count). The molecule has 0 fully saturated rings. The van der Waals surface area contributed by atoms with Crippen molar-refractivity contribution in [2.45, 2.75) is 13.5 Å². The summed E-state index contributed by atoms with van der Waals surface area (Å²) in [6.45, 7) is 2.10. The minimum absolute atomic E-state index is 0.220. The third-order valence-electron chi connectivity index (χ3n) is 4.60. The minimum atomic E-state index is -0.334. The summed E-state index contributed by atoms with van der Waals surface area (Å²) in [5.74, 6) is -0.324. The number of pyridine rings is 1. The maximum atomic E-state index is 12.7. The summed E-state index contributed by atoms with van der Waals surface area (Å²) in [4.78, 5) is 29.3. The molecule has 0 radical (unpaired) electrons. The summed E-state index contributed by atoms with van der Waals surface area (Å²) in [7, 11) is 0. The maximum Gasteiger partial charge on any atom is 0.291 e. The molecule has 0 spiro atoms. The van der Waals surface area contributed by atoms with Gasteiger partial charge < -0.3 is 15.1 Å². The zero-order valence-corrected chi connectivity index (χ0v) is 16.9. The molecule has 0 atom stereocenters. The monoisotopic (exact) mass is 419 g/mol. The number of furan rings is 1. The van der Waals surface area contributed by atoms with Crippen LogP contribution in [0.2, 0.25) is 5.02 Å². The third kappa shape index (κ3) is 4.34. The molecule has 30 heavy (non-hydrogen) atoms. The van der Waals surface area contributed by atoms with Crippen LogP contribution in [-0.2, 0) is 6.54 Å². The number of anilines is 1. The van der Waals surface area contributed by atoms with E-state index in [1.807, 2.05) is 24.3 Å². The van der Waals surface area contributed by atoms with Crippen molar-refractivity contribution < 1.29 is 14.0 Å². The van der Waals surface area contributed by atoms with Gasteiger partial charge in [-0.3, -0.25) is 14.6 Å². The molecule has 0 unspecified atom stereocenters. The van der Waals surface area contributed by atoms with Gasteiger partial charge in [0.15, 0.2) is 5.76 Å². The SMILES string of the molecule is Cc1nc2cc(Cl)ccc2cc1C(=O)NCc1cccc(NC(=O)c2ccco2)c1. The second kappa shape index (κ2) is 8.39. The van der Waals surface area contributed by atoms with E-state index in [0.717, 1.165) is 16.5 Å². The molecule has 2 heterocycles. The molecule has 6 nitrogen and oxygen atoms in total. The normalized spacial score (nSPS) is 10.7. The number of nitrogens with one attached hydrogen (secondary N) is 2. The Hall–Kier alpha value is -3.64. The van der Waals surface area contributed by atoms with Crippen molar-refractivity contribution in [2.75, 3.05) is 5.32 Å². The highest BCUT2D eigenvalue weighted by molar-refractivity contribution is 6.31. The lowest BCUT2D eigenvalue weighted by Crippen LogP contribution is -2.24. The fraction of sp³-hybridized carbons (Fsp3) is 0.0870. The number of carbonyl (C=O) groups is 2. The summed E-state index contributed by atoms with van der Waals surface area (Å²) in [6.07, 6.45) is 1.44. The number of rotatable bonds is 5. The van der Waals surface area contributed by atoms with Crippen LogP contribution in [0, 0.1) is 6.92 Å². The molecule has 0 saturated heterocycles. The molecule has 4 aromatic rings. The fourth-order valence-corrected chi connectivity index (χ4v) is 3.27. The minimum Gasteiger partial charge on any atom is -0.459 e. The van der Waals surface area contributed by atoms with E-state index in [4.69, 9.17) is 16.0 Å². The summed E-state index contributed by atoms with van der Waals surface area (Å²) in [5, 5.41) is 7.12. The first-order chi connectivity index (χ1) is 14.5. The van der Waals surface area contributed by atoms with E-state index in [-0.39, 0.29) is 17.6 Å². The Morgan fingerprint density at radius 1 is 1.03 bits per heavy atom. The average molecular weight is 420 g/mol. The Balaban J connectivity index is 1.45. The topological polar surface area (TPSA) is 84.2 Å². The molecule has 7 heteroatoms. The van der Waals surface area contributed by atoms with Crippen molar-refractivity contribution in [3.63, 3.8) is 0 Å². The van der Waals surface area contributed by atoms with Crippen LogP contribution in [0.15, 0.2) is 71.3 Å². The number of halogens is 1. The highest BCUT2D eigenvalue weighted by Gasteiger charge is 2.13. The standard InChI is InChI=1S/C23H18ClN3O3/c1-14-19(11-16-7-8-17(24)12-20(16)26-14)22(28)25-13-15-4-2-5-18(10-15)27-23(29)21-6-3-9-30-21/h2-12H,13H2,1H3,(H,25,28)(H,27,29). The summed E-state index contributed by atoms with van der Waals surface area (Å²) in [5.41, 5.74) is 3.34. The molecular formula is C23H18ClN3O3. The first-order valence-electron chi connectivity index (χ1n) is 9.28. The highest BCUT2D eigenvalue weighted by Crippen LogP contribution is 2.21. The van der Waals surface area contributed by atoms with Crippen LogP contribution < -0.4 is 10.6 Å². The third-order valence-corrected chi connectivity index (χ3v) is 4.83. The van der Waals surface area contributed by atoms with Crippen LogP contribution in [0.5, 0.6) is 0 Å². The molecular weight excluding hydrogens is 402 g/mol. The molecule has 2 aromatic carbocycles. The van der Waals surface area contributed by atoms with Gasteiger partial charge in [-0.05, 0) is 55.0 Å². The first-order valence-corrected chi connectivity index (χ1v) is 9.66. The van der Waals surface area contributed by atoms with E-state index in [1.54, 1.807) is 43.3 Å². The van der Waals surface area contributed by atoms with Gasteiger partial charge in [0.25, 0.3) is 11.8 Å². The van der Waals surface area contributed by atoms with Crippen molar-refractivity contribution in [1.29, 1.82) is 0 Å². The van der Waals surface area contributed by atoms with E-state index in [0.29, 0.717) is 28.5 Å². The summed E-state index contributed by atoms with van der Waals surface area (Å²) in [6, 6.07) is 17.7. The number of fused-ring (bicyclic) bond motifs is 1. The molecule has 0 bridgehead atoms. The molecule has 0 aliphatic rings. The summed E-state index contributed by atoms with van der Waals surface area (Å²) >= 11 is 6.01. The number of hydrogen-bond acceptors (Lipinski definition) is 4. The summed E-state index contributed by atoms with van der Waals surface area (Å²) < 4.78 is 5.09. The molecule has 0 aliphatic carbocycles. The van der Waals surface area contributed by atoms with E-state index in [1.165, 1.54) is 6.26 Å². The lowest BCUT2D eigenvalue weighted by atomic mass is 10.1. The number of carbonyl (C=O) groups excluding carboxylic acids is 2. The number of hydrogen-bond donors (Lipinski definition) is 2. The van der Waals surface area contributed by atoms with Gasteiger partial charge >= 0.3 is 0 Å². The van der Waals surface area contributed by atoms with Crippen LogP contribution in [-0.4, -0.2) is 16.8 Å². The number of nitrogens with zero attached hydrogens (tertiary/aromatic N) is 1. The first kappa shape index (κ1) is 19.7. The molecule has 150 valence electrons. The molecule has 0 saturated carbocycles. The maximum absolute atomic E-state index is 12.7. The second-order valence-corrected chi connectivity index (χ2v) is 7.21. The van der Waals surface area contributed by atoms with Gasteiger partial charge in [-0.2, -0.15) is 0 Å². The molecule has 2 N–H and O–H groups in total. The quantitative estimate of drug-likeness (QED) is 0.478. The van der Waals surface area contributed by atoms with Gasteiger partial charge in [0, 0.05) is 22.6 Å². The van der Waals surface area contributed by atoms with Gasteiger partial charge in [-0.1, -0.05) is 29.8 Å². The number of benzene rings is 2. The van der Waals surface area contributed by atoms with Crippen LogP contribution in [0.3, 0.4) is 0 Å². The largest absolute Gasteiger partial charge is 0.459 e. The zero-order valence-electron chi connectivity index (χ0n) is 16.1. The Morgan fingerprint density at radius 2 is 1.90 bits per heavy atom. The second-order valence-electron chi connectivity index (χ2n) is 6.77. The average Bonchev–Trinajstić information content (AvgIpc) is 3.27. The van der Waals surface area contributed by atoms with Crippen molar-refractivity contribution in [1.82, 2.24) is 10.3 Å². The van der Waals surface area contributed by atoms with Crippen LogP contribution in [0.25, 0.3) is 10.9 Å². The van der Waals surface area contributed by atoms with Gasteiger partial charge in [0.2, 0.25) is 0 Å². The van der Waals surface area contributed by atoms with Crippen molar-refractivity contribution >= 4 is 40.0 Å². The Kier molecular flexibility index (Phi) is 5.50. The van der Waals surface area contributed by atoms with Gasteiger partial charge in [0.05, 0.1) is 23.0 Å². The van der Waals surface area contributed by atoms with Crippen LogP contribution >= 0.6 is 11.6 Å². The lowest BCUT2D eigenvalue weighted by Gasteiger charge is -2.10. The van der Waals surface area contributed by atoms with E-state index in [2.05, 4.69) is 15.6 Å².